The van der Waals surface area contributed by atoms with E-state index in [9.17, 15) is 9.90 Å². The molecule has 0 atom stereocenters. The number of benzene rings is 1. The second-order valence-electron chi connectivity index (χ2n) is 4.31. The van der Waals surface area contributed by atoms with Gasteiger partial charge in [0.15, 0.2) is 5.15 Å². The molecule has 0 saturated carbocycles. The molecule has 0 spiro atoms. The fourth-order valence-electron chi connectivity index (χ4n) is 1.87. The van der Waals surface area contributed by atoms with Gasteiger partial charge >= 0.3 is 0 Å². The average molecular weight is 345 g/mol. The number of halogens is 3. The molecule has 1 heterocycles. The quantitative estimate of drug-likeness (QED) is 0.801. The third kappa shape index (κ3) is 3.79. The fourth-order valence-corrected chi connectivity index (χ4v) is 2.63. The monoisotopic (exact) mass is 343 g/mol. The van der Waals surface area contributed by atoms with E-state index < -0.39 is 5.97 Å². The Balaban J connectivity index is 2.41. The summed E-state index contributed by atoms with van der Waals surface area (Å²) >= 11 is 18.0. The molecule has 1 aromatic heterocycles. The zero-order valence-corrected chi connectivity index (χ0v) is 13.2. The molecule has 0 aliphatic heterocycles. The highest BCUT2D eigenvalue weighted by Gasteiger charge is 2.12. The molecule has 0 amide bonds. The number of imidazole rings is 1. The van der Waals surface area contributed by atoms with Gasteiger partial charge in [0, 0.05) is 10.0 Å². The highest BCUT2D eigenvalue weighted by Crippen LogP contribution is 2.25. The number of carbonyl (C=O) groups is 1. The van der Waals surface area contributed by atoms with Crippen LogP contribution in [-0.2, 0) is 11.3 Å². The Morgan fingerprint density at radius 2 is 2.10 bits per heavy atom. The Kier molecular flexibility index (Phi) is 4.93. The fraction of sp³-hybridized carbons (Fsp3) is 0.143. The Labute approximate surface area is 136 Å². The van der Waals surface area contributed by atoms with Crippen LogP contribution in [0.25, 0.3) is 6.08 Å². The lowest BCUT2D eigenvalue weighted by atomic mass is 10.2. The van der Waals surface area contributed by atoms with Gasteiger partial charge in [-0.15, -0.1) is 0 Å². The van der Waals surface area contributed by atoms with Gasteiger partial charge in [0.25, 0.3) is 0 Å². The summed E-state index contributed by atoms with van der Waals surface area (Å²) in [5.74, 6) is -0.662. The van der Waals surface area contributed by atoms with Crippen LogP contribution < -0.4 is 5.11 Å². The normalized spacial score (nSPS) is 11.2. The zero-order valence-electron chi connectivity index (χ0n) is 10.9. The molecule has 21 heavy (non-hydrogen) atoms. The van der Waals surface area contributed by atoms with Crippen molar-refractivity contribution in [1.29, 1.82) is 0 Å². The molecule has 0 N–H and O–H groups in total. The van der Waals surface area contributed by atoms with Gasteiger partial charge in [-0.2, -0.15) is 0 Å². The van der Waals surface area contributed by atoms with E-state index in [1.807, 2.05) is 0 Å². The topological polar surface area (TPSA) is 57.9 Å². The number of aryl methyl sites for hydroxylation is 1. The molecule has 110 valence electrons. The smallest absolute Gasteiger partial charge is 0.154 e. The minimum Gasteiger partial charge on any atom is -0.545 e. The molecule has 0 radical (unpaired) electrons. The summed E-state index contributed by atoms with van der Waals surface area (Å²) in [7, 11) is 0. The van der Waals surface area contributed by atoms with Crippen LogP contribution in [0.2, 0.25) is 15.2 Å². The first-order valence-corrected chi connectivity index (χ1v) is 7.07. The van der Waals surface area contributed by atoms with E-state index in [-0.39, 0.29) is 5.15 Å². The zero-order chi connectivity index (χ0) is 15.6. The van der Waals surface area contributed by atoms with Crippen LogP contribution in [0.3, 0.4) is 0 Å². The molecule has 4 nitrogen and oxygen atoms in total. The summed E-state index contributed by atoms with van der Waals surface area (Å²) in [4.78, 5) is 14.7. The number of rotatable bonds is 4. The van der Waals surface area contributed by atoms with Crippen molar-refractivity contribution < 1.29 is 9.90 Å². The third-order valence-corrected chi connectivity index (χ3v) is 3.74. The number of hydrogen-bond donors (Lipinski definition) is 0. The first-order chi connectivity index (χ1) is 9.88. The van der Waals surface area contributed by atoms with E-state index in [1.54, 1.807) is 29.7 Å². The molecule has 0 aliphatic rings. The average Bonchev–Trinajstić information content (AvgIpc) is 2.65. The second-order valence-corrected chi connectivity index (χ2v) is 5.51. The summed E-state index contributed by atoms with van der Waals surface area (Å²) in [5.41, 5.74) is 1.30. The van der Waals surface area contributed by atoms with E-state index in [2.05, 4.69) is 4.98 Å². The van der Waals surface area contributed by atoms with Crippen LogP contribution in [0.15, 0.2) is 24.3 Å². The van der Waals surface area contributed by atoms with Gasteiger partial charge in [-0.3, -0.25) is 0 Å². The lowest BCUT2D eigenvalue weighted by Gasteiger charge is -2.10. The van der Waals surface area contributed by atoms with Crippen molar-refractivity contribution >= 4 is 46.8 Å². The maximum atomic E-state index is 10.5. The predicted octanol–water partition coefficient (Wildman–Crippen LogP) is 2.96. The number of aromatic nitrogens is 2. The Hall–Kier alpha value is -1.49. The van der Waals surface area contributed by atoms with Crippen molar-refractivity contribution in [2.45, 2.75) is 13.5 Å². The first kappa shape index (κ1) is 15.9. The van der Waals surface area contributed by atoms with Crippen molar-refractivity contribution in [3.05, 3.63) is 56.6 Å². The Bertz CT molecular complexity index is 723. The number of nitrogens with zero attached hydrogens (tertiary/aromatic N) is 2. The van der Waals surface area contributed by atoms with Crippen molar-refractivity contribution in [2.75, 3.05) is 0 Å². The molecule has 0 bridgehead atoms. The number of carbonyl (C=O) groups excluding carboxylic acids is 1. The number of aliphatic carboxylic acids is 1. The first-order valence-electron chi connectivity index (χ1n) is 5.94. The van der Waals surface area contributed by atoms with E-state index in [0.29, 0.717) is 28.1 Å². The molecule has 0 unspecified atom stereocenters. The van der Waals surface area contributed by atoms with Gasteiger partial charge in [-0.1, -0.05) is 40.9 Å². The van der Waals surface area contributed by atoms with Gasteiger partial charge in [0.05, 0.1) is 18.2 Å². The highest BCUT2D eigenvalue weighted by atomic mass is 35.5. The van der Waals surface area contributed by atoms with E-state index in [4.69, 9.17) is 34.8 Å². The van der Waals surface area contributed by atoms with Gasteiger partial charge in [-0.25, -0.2) is 4.98 Å². The summed E-state index contributed by atoms with van der Waals surface area (Å²) in [6.07, 6.45) is 2.25. The minimum atomic E-state index is -1.30. The largest absolute Gasteiger partial charge is 0.545 e. The summed E-state index contributed by atoms with van der Waals surface area (Å²) < 4.78 is 1.76. The number of carboxylic acid groups (broad SMARTS) is 1. The molecule has 2 rings (SSSR count). The minimum absolute atomic E-state index is 0.218. The van der Waals surface area contributed by atoms with Crippen molar-refractivity contribution in [2.24, 2.45) is 0 Å². The molecular formula is C14H10Cl3N2O2-. The molecule has 1 aromatic carbocycles. The maximum Gasteiger partial charge on any atom is 0.154 e. The van der Waals surface area contributed by atoms with Crippen LogP contribution in [-0.4, -0.2) is 15.5 Å². The molecule has 2 aromatic rings. The van der Waals surface area contributed by atoms with Crippen LogP contribution in [0.5, 0.6) is 0 Å². The predicted molar refractivity (Wildman–Crippen MR) is 81.6 cm³/mol. The van der Waals surface area contributed by atoms with Crippen molar-refractivity contribution in [3.8, 4) is 0 Å². The van der Waals surface area contributed by atoms with Crippen LogP contribution >= 0.6 is 34.8 Å². The maximum absolute atomic E-state index is 10.5. The van der Waals surface area contributed by atoms with Gasteiger partial charge in [0.1, 0.15) is 5.82 Å². The summed E-state index contributed by atoms with van der Waals surface area (Å²) in [6, 6.07) is 5.17. The van der Waals surface area contributed by atoms with Gasteiger partial charge in [0.2, 0.25) is 0 Å². The molecule has 0 aliphatic carbocycles. The molecule has 0 fully saturated rings. The van der Waals surface area contributed by atoms with E-state index in [0.717, 1.165) is 11.6 Å². The van der Waals surface area contributed by atoms with Gasteiger partial charge in [-0.05, 0) is 36.8 Å². The van der Waals surface area contributed by atoms with Crippen molar-refractivity contribution in [3.63, 3.8) is 0 Å². The lowest BCUT2D eigenvalue weighted by Crippen LogP contribution is -2.18. The molecule has 0 saturated heterocycles. The second kappa shape index (κ2) is 6.52. The van der Waals surface area contributed by atoms with Crippen LogP contribution in [0, 0.1) is 6.92 Å². The SMILES string of the molecule is Cc1nc(Cl)c(/C=C/C(=O)[O-])n1Cc1ccc(Cl)cc1Cl. The van der Waals surface area contributed by atoms with E-state index >= 15 is 0 Å². The van der Waals surface area contributed by atoms with E-state index in [1.165, 1.54) is 6.08 Å². The number of hydrogen-bond acceptors (Lipinski definition) is 3. The third-order valence-electron chi connectivity index (χ3n) is 2.87. The summed E-state index contributed by atoms with van der Waals surface area (Å²) in [6.45, 7) is 2.17. The summed E-state index contributed by atoms with van der Waals surface area (Å²) in [5, 5.41) is 11.8. The van der Waals surface area contributed by atoms with Gasteiger partial charge < -0.3 is 14.5 Å². The Morgan fingerprint density at radius 1 is 1.38 bits per heavy atom. The number of carboxylic acids is 1. The van der Waals surface area contributed by atoms with Crippen LogP contribution in [0.1, 0.15) is 17.1 Å². The Morgan fingerprint density at radius 3 is 2.71 bits per heavy atom. The highest BCUT2D eigenvalue weighted by molar-refractivity contribution is 6.35. The van der Waals surface area contributed by atoms with Crippen LogP contribution in [0.4, 0.5) is 0 Å². The standard InChI is InChI=1S/C14H11Cl3N2O2/c1-8-18-14(17)12(4-5-13(20)21)19(8)7-9-2-3-10(15)6-11(9)16/h2-6H,7H2,1H3,(H,20,21)/p-1/b5-4+. The van der Waals surface area contributed by atoms with Crippen molar-refractivity contribution in [1.82, 2.24) is 9.55 Å². The molecule has 7 heteroatoms. The molecular weight excluding hydrogens is 335 g/mol. The lowest BCUT2D eigenvalue weighted by molar-refractivity contribution is -0.297.